The monoisotopic (exact) mass is 207 g/mol. The van der Waals surface area contributed by atoms with Crippen LogP contribution in [0, 0.1) is 0 Å². The maximum atomic E-state index is 10.9. The molecule has 0 aromatic rings. The highest BCUT2D eigenvalue weighted by Crippen LogP contribution is 2.02. The minimum Gasteiger partial charge on any atom is -0.274 e. The van der Waals surface area contributed by atoms with Gasteiger partial charge in [-0.2, -0.15) is 0 Å². The molecule has 5 heteroatoms. The number of hydrogen-bond donors (Lipinski definition) is 1. The first kappa shape index (κ1) is 12.4. The molecule has 0 rings (SSSR count). The fraction of sp³-hybridized carbons (Fsp3) is 0.875. The highest BCUT2D eigenvalue weighted by Gasteiger charge is 2.06. The van der Waals surface area contributed by atoms with Gasteiger partial charge in [0.1, 0.15) is 0 Å². The summed E-state index contributed by atoms with van der Waals surface area (Å²) in [4.78, 5) is 10.9. The molecule has 0 unspecified atom stereocenters. The van der Waals surface area contributed by atoms with Crippen LogP contribution in [0.15, 0.2) is 0 Å². The summed E-state index contributed by atoms with van der Waals surface area (Å²) in [5.74, 6) is -0.404. The van der Waals surface area contributed by atoms with Crippen LogP contribution in [-0.4, -0.2) is 20.6 Å². The molecule has 78 valence electrons. The van der Waals surface area contributed by atoms with E-state index in [0.29, 0.717) is 6.42 Å². The van der Waals surface area contributed by atoms with E-state index in [-0.39, 0.29) is 0 Å². The standard InChI is InChI=1S/C8H17NO3S/c1-3-4-5-6-7-8(10)9-13(2,11)12/h3-7H2,1-2H3,(H,9,10). The fourth-order valence-corrected chi connectivity index (χ4v) is 1.49. The quantitative estimate of drug-likeness (QED) is 0.662. The van der Waals surface area contributed by atoms with Crippen molar-refractivity contribution in [2.75, 3.05) is 6.26 Å². The first-order valence-electron chi connectivity index (χ1n) is 4.46. The topological polar surface area (TPSA) is 63.2 Å². The number of carbonyl (C=O) groups is 1. The average molecular weight is 207 g/mol. The van der Waals surface area contributed by atoms with Crippen LogP contribution in [0.2, 0.25) is 0 Å². The molecule has 0 radical (unpaired) electrons. The van der Waals surface area contributed by atoms with Crippen molar-refractivity contribution < 1.29 is 13.2 Å². The van der Waals surface area contributed by atoms with Crippen molar-refractivity contribution in [3.63, 3.8) is 0 Å². The van der Waals surface area contributed by atoms with E-state index in [2.05, 4.69) is 6.92 Å². The lowest BCUT2D eigenvalue weighted by molar-refractivity contribution is -0.119. The van der Waals surface area contributed by atoms with E-state index in [9.17, 15) is 13.2 Å². The summed E-state index contributed by atoms with van der Waals surface area (Å²) in [7, 11) is -3.37. The molecule has 0 aliphatic carbocycles. The van der Waals surface area contributed by atoms with Crippen LogP contribution in [0.25, 0.3) is 0 Å². The first-order chi connectivity index (χ1) is 5.95. The van der Waals surface area contributed by atoms with Gasteiger partial charge in [-0.3, -0.25) is 9.52 Å². The normalized spacial score (nSPS) is 11.2. The van der Waals surface area contributed by atoms with E-state index >= 15 is 0 Å². The molecular weight excluding hydrogens is 190 g/mol. The molecule has 0 aliphatic heterocycles. The number of amides is 1. The Morgan fingerprint density at radius 2 is 1.85 bits per heavy atom. The van der Waals surface area contributed by atoms with Crippen LogP contribution in [0.1, 0.15) is 39.0 Å². The number of hydrogen-bond acceptors (Lipinski definition) is 3. The van der Waals surface area contributed by atoms with Crippen molar-refractivity contribution in [3.8, 4) is 0 Å². The lowest BCUT2D eigenvalue weighted by Crippen LogP contribution is -2.28. The molecule has 0 bridgehead atoms. The number of rotatable bonds is 6. The summed E-state index contributed by atoms with van der Waals surface area (Å²) in [5, 5.41) is 0. The van der Waals surface area contributed by atoms with Gasteiger partial charge in [0.05, 0.1) is 6.26 Å². The van der Waals surface area contributed by atoms with E-state index in [1.807, 2.05) is 4.72 Å². The molecule has 0 aromatic heterocycles. The van der Waals surface area contributed by atoms with Gasteiger partial charge in [0.2, 0.25) is 15.9 Å². The molecule has 0 saturated carbocycles. The Morgan fingerprint density at radius 1 is 1.23 bits per heavy atom. The molecule has 0 fully saturated rings. The Labute approximate surface area is 79.8 Å². The third-order valence-corrected chi connectivity index (χ3v) is 2.16. The Bertz CT molecular complexity index is 246. The van der Waals surface area contributed by atoms with Crippen molar-refractivity contribution in [2.24, 2.45) is 0 Å². The maximum absolute atomic E-state index is 10.9. The summed E-state index contributed by atoms with van der Waals surface area (Å²) < 4.78 is 23.1. The predicted molar refractivity (Wildman–Crippen MR) is 51.7 cm³/mol. The first-order valence-corrected chi connectivity index (χ1v) is 6.35. The van der Waals surface area contributed by atoms with E-state index in [1.165, 1.54) is 0 Å². The highest BCUT2D eigenvalue weighted by atomic mass is 32.2. The lowest BCUT2D eigenvalue weighted by Gasteiger charge is -2.01. The van der Waals surface area contributed by atoms with Crippen LogP contribution in [0.3, 0.4) is 0 Å². The molecule has 13 heavy (non-hydrogen) atoms. The zero-order chi connectivity index (χ0) is 10.3. The van der Waals surface area contributed by atoms with Crippen LogP contribution in [-0.2, 0) is 14.8 Å². The average Bonchev–Trinajstić information content (AvgIpc) is 1.94. The number of nitrogens with one attached hydrogen (secondary N) is 1. The van der Waals surface area contributed by atoms with Gasteiger partial charge in [-0.05, 0) is 6.42 Å². The molecule has 1 amide bonds. The summed E-state index contributed by atoms with van der Waals surface area (Å²) in [6, 6.07) is 0. The predicted octanol–water partition coefficient (Wildman–Crippen LogP) is 1.03. The van der Waals surface area contributed by atoms with Crippen molar-refractivity contribution in [2.45, 2.75) is 39.0 Å². The molecule has 0 aromatic carbocycles. The van der Waals surface area contributed by atoms with Crippen LogP contribution < -0.4 is 4.72 Å². The molecule has 0 aliphatic rings. The SMILES string of the molecule is CCCCCCC(=O)NS(C)(=O)=O. The third-order valence-electron chi connectivity index (χ3n) is 1.56. The molecule has 0 spiro atoms. The number of sulfonamides is 1. The summed E-state index contributed by atoms with van der Waals surface area (Å²) in [6.45, 7) is 2.08. The molecule has 0 heterocycles. The summed E-state index contributed by atoms with van der Waals surface area (Å²) in [6.07, 6.45) is 5.22. The second-order valence-corrected chi connectivity index (χ2v) is 4.86. The van der Waals surface area contributed by atoms with Crippen molar-refractivity contribution in [1.82, 2.24) is 4.72 Å². The molecule has 1 N–H and O–H groups in total. The summed E-state index contributed by atoms with van der Waals surface area (Å²) in [5.41, 5.74) is 0. The van der Waals surface area contributed by atoms with E-state index in [4.69, 9.17) is 0 Å². The van der Waals surface area contributed by atoms with Crippen molar-refractivity contribution in [1.29, 1.82) is 0 Å². The van der Waals surface area contributed by atoms with Gasteiger partial charge < -0.3 is 0 Å². The molecule has 0 saturated heterocycles. The molecule has 4 nitrogen and oxygen atoms in total. The van der Waals surface area contributed by atoms with Gasteiger partial charge in [0.15, 0.2) is 0 Å². The summed E-state index contributed by atoms with van der Waals surface area (Å²) >= 11 is 0. The van der Waals surface area contributed by atoms with Gasteiger partial charge in [-0.25, -0.2) is 8.42 Å². The number of carbonyl (C=O) groups excluding carboxylic acids is 1. The fourth-order valence-electron chi connectivity index (χ4n) is 0.970. The molecular formula is C8H17NO3S. The lowest BCUT2D eigenvalue weighted by atomic mass is 10.1. The largest absolute Gasteiger partial charge is 0.274 e. The number of unbranched alkanes of at least 4 members (excludes halogenated alkanes) is 3. The highest BCUT2D eigenvalue weighted by molar-refractivity contribution is 7.89. The second kappa shape index (κ2) is 5.96. The minimum absolute atomic E-state index is 0.299. The Morgan fingerprint density at radius 3 is 2.31 bits per heavy atom. The second-order valence-electron chi connectivity index (χ2n) is 3.11. The Balaban J connectivity index is 3.53. The van der Waals surface area contributed by atoms with E-state index in [1.54, 1.807) is 0 Å². The zero-order valence-corrected chi connectivity index (χ0v) is 8.99. The zero-order valence-electron chi connectivity index (χ0n) is 8.17. The maximum Gasteiger partial charge on any atom is 0.233 e. The Kier molecular flexibility index (Phi) is 5.70. The minimum atomic E-state index is -3.37. The molecule has 0 atom stereocenters. The van der Waals surface area contributed by atoms with Gasteiger partial charge >= 0.3 is 0 Å². The van der Waals surface area contributed by atoms with E-state index < -0.39 is 15.9 Å². The Hall–Kier alpha value is -0.580. The van der Waals surface area contributed by atoms with Gasteiger partial charge in [-0.15, -0.1) is 0 Å². The van der Waals surface area contributed by atoms with Crippen molar-refractivity contribution in [3.05, 3.63) is 0 Å². The van der Waals surface area contributed by atoms with Crippen LogP contribution >= 0.6 is 0 Å². The smallest absolute Gasteiger partial charge is 0.233 e. The van der Waals surface area contributed by atoms with E-state index in [0.717, 1.165) is 31.9 Å². The van der Waals surface area contributed by atoms with Crippen LogP contribution in [0.5, 0.6) is 0 Å². The van der Waals surface area contributed by atoms with Gasteiger partial charge in [0, 0.05) is 6.42 Å². The van der Waals surface area contributed by atoms with Gasteiger partial charge in [0.25, 0.3) is 0 Å². The van der Waals surface area contributed by atoms with Crippen LogP contribution in [0.4, 0.5) is 0 Å². The third kappa shape index (κ3) is 9.33. The van der Waals surface area contributed by atoms with Gasteiger partial charge in [-0.1, -0.05) is 26.2 Å². The van der Waals surface area contributed by atoms with Crippen molar-refractivity contribution >= 4 is 15.9 Å².